The minimum Gasteiger partial charge on any atom is -0.351 e. The summed E-state index contributed by atoms with van der Waals surface area (Å²) < 4.78 is 13.5. The molecule has 0 radical (unpaired) electrons. The van der Waals surface area contributed by atoms with E-state index in [9.17, 15) is 9.18 Å². The first-order chi connectivity index (χ1) is 10.7. The third-order valence-corrected chi connectivity index (χ3v) is 3.87. The maximum Gasteiger partial charge on any atom is 0.252 e. The van der Waals surface area contributed by atoms with Gasteiger partial charge >= 0.3 is 0 Å². The van der Waals surface area contributed by atoms with E-state index in [0.29, 0.717) is 28.9 Å². The van der Waals surface area contributed by atoms with Gasteiger partial charge in [-0.2, -0.15) is 0 Å². The highest BCUT2D eigenvalue weighted by molar-refractivity contribution is 6.06. The predicted octanol–water partition coefficient (Wildman–Crippen LogP) is 2.59. The average molecular weight is 301 g/mol. The second kappa shape index (κ2) is 6.40. The van der Waals surface area contributed by atoms with E-state index in [4.69, 9.17) is 0 Å². The zero-order valence-corrected chi connectivity index (χ0v) is 12.7. The summed E-state index contributed by atoms with van der Waals surface area (Å²) in [5.41, 5.74) is 2.14. The minimum atomic E-state index is -0.352. The first-order valence-corrected chi connectivity index (χ1v) is 7.78. The molecule has 0 spiro atoms. The maximum atomic E-state index is 13.5. The number of aromatic nitrogens is 1. The Labute approximate surface area is 129 Å². The molecule has 0 saturated heterocycles. The van der Waals surface area contributed by atoms with Gasteiger partial charge in [-0.05, 0) is 43.7 Å². The largest absolute Gasteiger partial charge is 0.351 e. The quantitative estimate of drug-likeness (QED) is 0.806. The number of benzene rings is 1. The van der Waals surface area contributed by atoms with Crippen molar-refractivity contribution in [3.63, 3.8) is 0 Å². The Hall–Kier alpha value is -2.01. The molecule has 5 heteroatoms. The van der Waals surface area contributed by atoms with E-state index in [1.54, 1.807) is 6.07 Å². The molecular formula is C17H20FN3O. The third-order valence-electron chi connectivity index (χ3n) is 3.87. The van der Waals surface area contributed by atoms with Gasteiger partial charge in [-0.3, -0.25) is 9.78 Å². The molecule has 1 aliphatic rings. The van der Waals surface area contributed by atoms with E-state index < -0.39 is 0 Å². The molecule has 22 heavy (non-hydrogen) atoms. The number of carbonyl (C=O) groups excluding carboxylic acids is 1. The van der Waals surface area contributed by atoms with E-state index in [1.165, 1.54) is 12.1 Å². The smallest absolute Gasteiger partial charge is 0.252 e. The van der Waals surface area contributed by atoms with Crippen molar-refractivity contribution in [2.24, 2.45) is 0 Å². The van der Waals surface area contributed by atoms with Crippen molar-refractivity contribution in [2.75, 3.05) is 19.6 Å². The summed E-state index contributed by atoms with van der Waals surface area (Å²) in [5.74, 6) is -0.0734. The topological polar surface area (TPSA) is 54.0 Å². The first kappa shape index (κ1) is 14.9. The number of pyridine rings is 1. The first-order valence-electron chi connectivity index (χ1n) is 7.78. The number of amides is 1. The number of carbonyl (C=O) groups is 1. The van der Waals surface area contributed by atoms with E-state index in [-0.39, 0.29) is 11.7 Å². The standard InChI is InChI=1S/C17H20FN3O/c1-2-19-7-8-20-17(22)14-10-16(11-3-4-11)21-15-6-5-12(18)9-13(14)15/h5-6,9-11,19H,2-4,7-8H2,1H3,(H,20,22). The van der Waals surface area contributed by atoms with Crippen LogP contribution in [0.2, 0.25) is 0 Å². The molecule has 1 amide bonds. The SMILES string of the molecule is CCNCCNC(=O)c1cc(C2CC2)nc2ccc(F)cc12. The fourth-order valence-electron chi connectivity index (χ4n) is 2.53. The highest BCUT2D eigenvalue weighted by Crippen LogP contribution is 2.40. The molecule has 1 fully saturated rings. The molecule has 4 nitrogen and oxygen atoms in total. The number of nitrogens with one attached hydrogen (secondary N) is 2. The molecule has 0 bridgehead atoms. The van der Waals surface area contributed by atoms with Crippen molar-refractivity contribution >= 4 is 16.8 Å². The van der Waals surface area contributed by atoms with Gasteiger partial charge in [0.25, 0.3) is 5.91 Å². The fraction of sp³-hybridized carbons (Fsp3) is 0.412. The van der Waals surface area contributed by atoms with Gasteiger partial charge in [-0.15, -0.1) is 0 Å². The molecule has 3 rings (SSSR count). The van der Waals surface area contributed by atoms with Crippen molar-refractivity contribution < 1.29 is 9.18 Å². The van der Waals surface area contributed by atoms with Crippen LogP contribution in [0.1, 0.15) is 41.7 Å². The van der Waals surface area contributed by atoms with Gasteiger partial charge in [0.15, 0.2) is 0 Å². The summed E-state index contributed by atoms with van der Waals surface area (Å²) in [5, 5.41) is 6.61. The van der Waals surface area contributed by atoms with Gasteiger partial charge in [0.2, 0.25) is 0 Å². The van der Waals surface area contributed by atoms with Gasteiger partial charge in [0, 0.05) is 30.1 Å². The van der Waals surface area contributed by atoms with Crippen LogP contribution in [-0.2, 0) is 0 Å². The van der Waals surface area contributed by atoms with Gasteiger partial charge in [-0.1, -0.05) is 6.92 Å². The Balaban J connectivity index is 1.91. The molecule has 1 heterocycles. The van der Waals surface area contributed by atoms with Crippen LogP contribution >= 0.6 is 0 Å². The molecule has 116 valence electrons. The van der Waals surface area contributed by atoms with E-state index in [1.807, 2.05) is 13.0 Å². The molecule has 1 aliphatic carbocycles. The second-order valence-corrected chi connectivity index (χ2v) is 5.64. The zero-order valence-electron chi connectivity index (χ0n) is 12.7. The van der Waals surface area contributed by atoms with Crippen molar-refractivity contribution in [2.45, 2.75) is 25.7 Å². The molecule has 2 N–H and O–H groups in total. The highest BCUT2D eigenvalue weighted by Gasteiger charge is 2.27. The van der Waals surface area contributed by atoms with Gasteiger partial charge in [0.05, 0.1) is 11.1 Å². The molecule has 0 atom stereocenters. The van der Waals surface area contributed by atoms with Crippen molar-refractivity contribution in [3.8, 4) is 0 Å². The van der Waals surface area contributed by atoms with E-state index >= 15 is 0 Å². The summed E-state index contributed by atoms with van der Waals surface area (Å²) in [6, 6.07) is 6.24. The van der Waals surface area contributed by atoms with Crippen molar-refractivity contribution in [1.82, 2.24) is 15.6 Å². The number of fused-ring (bicyclic) bond motifs is 1. The maximum absolute atomic E-state index is 13.5. The van der Waals surface area contributed by atoms with Crippen LogP contribution in [0.4, 0.5) is 4.39 Å². The van der Waals surface area contributed by atoms with Crippen LogP contribution in [0.5, 0.6) is 0 Å². The fourth-order valence-corrected chi connectivity index (χ4v) is 2.53. The van der Waals surface area contributed by atoms with Crippen LogP contribution in [0, 0.1) is 5.82 Å². The van der Waals surface area contributed by atoms with E-state index in [0.717, 1.165) is 31.6 Å². The lowest BCUT2D eigenvalue weighted by molar-refractivity contribution is 0.0955. The zero-order chi connectivity index (χ0) is 15.5. The number of hydrogen-bond donors (Lipinski definition) is 2. The number of hydrogen-bond acceptors (Lipinski definition) is 3. The van der Waals surface area contributed by atoms with Crippen LogP contribution in [-0.4, -0.2) is 30.5 Å². The molecule has 1 saturated carbocycles. The Kier molecular flexibility index (Phi) is 4.34. The molecule has 2 aromatic rings. The Morgan fingerprint density at radius 1 is 1.32 bits per heavy atom. The van der Waals surface area contributed by atoms with Crippen LogP contribution < -0.4 is 10.6 Å². The van der Waals surface area contributed by atoms with Crippen LogP contribution in [0.25, 0.3) is 10.9 Å². The summed E-state index contributed by atoms with van der Waals surface area (Å²) in [4.78, 5) is 17.0. The number of halogens is 1. The van der Waals surface area contributed by atoms with Crippen LogP contribution in [0.15, 0.2) is 24.3 Å². The number of rotatable bonds is 6. The molecule has 1 aromatic carbocycles. The van der Waals surface area contributed by atoms with Gasteiger partial charge < -0.3 is 10.6 Å². The number of nitrogens with zero attached hydrogens (tertiary/aromatic N) is 1. The van der Waals surface area contributed by atoms with Gasteiger partial charge in [0.1, 0.15) is 5.82 Å². The predicted molar refractivity (Wildman–Crippen MR) is 84.6 cm³/mol. The Bertz CT molecular complexity index is 698. The summed E-state index contributed by atoms with van der Waals surface area (Å²) in [7, 11) is 0. The lowest BCUT2D eigenvalue weighted by atomic mass is 10.1. The molecule has 1 aromatic heterocycles. The number of likely N-dealkylation sites (N-methyl/N-ethyl adjacent to an activating group) is 1. The Morgan fingerprint density at radius 3 is 2.86 bits per heavy atom. The summed E-state index contributed by atoms with van der Waals surface area (Å²) in [6.07, 6.45) is 2.22. The van der Waals surface area contributed by atoms with Gasteiger partial charge in [-0.25, -0.2) is 4.39 Å². The Morgan fingerprint density at radius 2 is 2.14 bits per heavy atom. The third kappa shape index (κ3) is 3.25. The lowest BCUT2D eigenvalue weighted by Gasteiger charge is -2.10. The normalized spacial score (nSPS) is 14.3. The molecule has 0 aliphatic heterocycles. The highest BCUT2D eigenvalue weighted by atomic mass is 19.1. The van der Waals surface area contributed by atoms with Crippen molar-refractivity contribution in [1.29, 1.82) is 0 Å². The summed E-state index contributed by atoms with van der Waals surface area (Å²) >= 11 is 0. The second-order valence-electron chi connectivity index (χ2n) is 5.64. The molecular weight excluding hydrogens is 281 g/mol. The lowest BCUT2D eigenvalue weighted by Crippen LogP contribution is -2.32. The van der Waals surface area contributed by atoms with Crippen molar-refractivity contribution in [3.05, 3.63) is 41.3 Å². The average Bonchev–Trinajstić information content (AvgIpc) is 3.35. The van der Waals surface area contributed by atoms with E-state index in [2.05, 4.69) is 15.6 Å². The minimum absolute atomic E-state index is 0.169. The summed E-state index contributed by atoms with van der Waals surface area (Å²) in [6.45, 7) is 4.15. The van der Waals surface area contributed by atoms with Crippen LogP contribution in [0.3, 0.4) is 0 Å². The monoisotopic (exact) mass is 301 g/mol. The molecule has 0 unspecified atom stereocenters.